The maximum Gasteiger partial charge on any atom is 0.157 e. The van der Waals surface area contributed by atoms with E-state index in [1.165, 1.54) is 12.8 Å². The average molecular weight is 361 g/mol. The molecule has 1 radical (unpaired) electrons. The lowest BCUT2D eigenvalue weighted by Crippen LogP contribution is -2.12. The van der Waals surface area contributed by atoms with Gasteiger partial charge in [-0.3, -0.25) is 0 Å². The number of hydrogen-bond acceptors (Lipinski definition) is 3. The standard InChI is InChI=1S/C24H25O3/c1-2-8-20(9-3-1)26-22-16-14-19(15-17-22)18-25-23-12-6-7-13-24(23)27-21-10-4-5-11-21/h1-3,7-9,12-17,21H,4-6,10-11,18H2. The first-order chi connectivity index (χ1) is 13.4. The molecule has 3 nitrogen and oxygen atoms in total. The molecule has 2 aromatic carbocycles. The monoisotopic (exact) mass is 361 g/mol. The van der Waals surface area contributed by atoms with Gasteiger partial charge in [0.15, 0.2) is 11.5 Å². The Bertz CT molecular complexity index is 784. The Morgan fingerprint density at radius 2 is 1.56 bits per heavy atom. The Morgan fingerprint density at radius 3 is 2.33 bits per heavy atom. The Morgan fingerprint density at radius 1 is 0.815 bits per heavy atom. The quantitative estimate of drug-likeness (QED) is 0.577. The van der Waals surface area contributed by atoms with Gasteiger partial charge in [0, 0.05) is 0 Å². The van der Waals surface area contributed by atoms with Crippen LogP contribution < -0.4 is 4.74 Å². The van der Waals surface area contributed by atoms with Gasteiger partial charge in [-0.05, 0) is 80.5 Å². The Hall–Kier alpha value is -2.68. The summed E-state index contributed by atoms with van der Waals surface area (Å²) >= 11 is 0. The fourth-order valence-corrected chi connectivity index (χ4v) is 3.39. The van der Waals surface area contributed by atoms with Crippen LogP contribution in [0.1, 0.15) is 37.7 Å². The predicted octanol–water partition coefficient (Wildman–Crippen LogP) is 6.33. The van der Waals surface area contributed by atoms with E-state index in [0.717, 1.165) is 47.8 Å². The van der Waals surface area contributed by atoms with Gasteiger partial charge in [0.25, 0.3) is 0 Å². The van der Waals surface area contributed by atoms with E-state index in [2.05, 4.69) is 12.5 Å². The number of ether oxygens (including phenoxy) is 3. The highest BCUT2D eigenvalue weighted by Gasteiger charge is 2.21. The molecule has 3 heteroatoms. The van der Waals surface area contributed by atoms with E-state index in [0.29, 0.717) is 12.7 Å². The predicted molar refractivity (Wildman–Crippen MR) is 106 cm³/mol. The van der Waals surface area contributed by atoms with Crippen molar-refractivity contribution in [1.82, 2.24) is 0 Å². The summed E-state index contributed by atoms with van der Waals surface area (Å²) in [6, 6.07) is 17.8. The molecule has 0 aliphatic heterocycles. The molecule has 0 saturated heterocycles. The van der Waals surface area contributed by atoms with E-state index in [4.69, 9.17) is 14.2 Å². The molecule has 0 heterocycles. The molecule has 2 aliphatic carbocycles. The molecule has 27 heavy (non-hydrogen) atoms. The zero-order valence-electron chi connectivity index (χ0n) is 15.5. The molecule has 0 unspecified atom stereocenters. The van der Waals surface area contributed by atoms with Crippen LogP contribution in [0.2, 0.25) is 0 Å². The van der Waals surface area contributed by atoms with Gasteiger partial charge in [-0.2, -0.15) is 0 Å². The van der Waals surface area contributed by atoms with Crippen molar-refractivity contribution >= 4 is 0 Å². The maximum atomic E-state index is 6.16. The molecule has 0 aromatic heterocycles. The zero-order chi connectivity index (χ0) is 18.3. The second-order valence-corrected chi connectivity index (χ2v) is 6.94. The fraction of sp³-hybridized carbons (Fsp3) is 0.292. The van der Waals surface area contributed by atoms with Crippen LogP contribution >= 0.6 is 0 Å². The summed E-state index contributed by atoms with van der Waals surface area (Å²) in [5.74, 6) is 3.39. The molecule has 4 rings (SSSR count). The van der Waals surface area contributed by atoms with E-state index in [9.17, 15) is 0 Å². The van der Waals surface area contributed by atoms with Crippen LogP contribution in [0.25, 0.3) is 0 Å². The smallest absolute Gasteiger partial charge is 0.157 e. The lowest BCUT2D eigenvalue weighted by molar-refractivity contribution is 0.0914. The number of allylic oxidation sites excluding steroid dienone is 2. The minimum Gasteiger partial charge on any atom is -0.487 e. The molecule has 0 N–H and O–H groups in total. The summed E-state index contributed by atoms with van der Waals surface area (Å²) in [6.45, 7) is 0.517. The number of hydrogen-bond donors (Lipinski definition) is 0. The second-order valence-electron chi connectivity index (χ2n) is 6.94. The molecule has 2 aromatic rings. The van der Waals surface area contributed by atoms with E-state index >= 15 is 0 Å². The van der Waals surface area contributed by atoms with E-state index in [1.54, 1.807) is 0 Å². The summed E-state index contributed by atoms with van der Waals surface area (Å²) in [6.07, 6.45) is 12.3. The van der Waals surface area contributed by atoms with Crippen LogP contribution in [0, 0.1) is 6.42 Å². The number of rotatable bonds is 7. The van der Waals surface area contributed by atoms with Crippen LogP contribution in [0.15, 0.2) is 78.3 Å². The molecule has 0 spiro atoms. The minimum atomic E-state index is 0.337. The molecular weight excluding hydrogens is 336 g/mol. The molecule has 0 atom stereocenters. The van der Waals surface area contributed by atoms with Gasteiger partial charge < -0.3 is 14.2 Å². The van der Waals surface area contributed by atoms with Gasteiger partial charge in [0.2, 0.25) is 0 Å². The molecule has 0 bridgehead atoms. The maximum absolute atomic E-state index is 6.16. The van der Waals surface area contributed by atoms with Crippen molar-refractivity contribution in [2.45, 2.75) is 44.8 Å². The zero-order valence-corrected chi connectivity index (χ0v) is 15.5. The van der Waals surface area contributed by atoms with Crippen molar-refractivity contribution < 1.29 is 14.2 Å². The lowest BCUT2D eigenvalue weighted by Gasteiger charge is -2.21. The normalized spacial score (nSPS) is 17.2. The van der Waals surface area contributed by atoms with Crippen LogP contribution in [0.4, 0.5) is 0 Å². The average Bonchev–Trinajstić information content (AvgIpc) is 3.22. The van der Waals surface area contributed by atoms with E-state index in [-0.39, 0.29) is 0 Å². The largest absolute Gasteiger partial charge is 0.487 e. The first kappa shape index (κ1) is 17.7. The van der Waals surface area contributed by atoms with Gasteiger partial charge in [0.05, 0.1) is 6.10 Å². The Labute approximate surface area is 161 Å². The summed E-state index contributed by atoms with van der Waals surface area (Å²) in [4.78, 5) is 0. The van der Waals surface area contributed by atoms with Gasteiger partial charge in [-0.1, -0.05) is 30.3 Å². The molecule has 1 saturated carbocycles. The molecule has 139 valence electrons. The summed E-state index contributed by atoms with van der Waals surface area (Å²) < 4.78 is 18.0. The molecular formula is C24H25O3. The first-order valence-electron chi connectivity index (χ1n) is 9.72. The van der Waals surface area contributed by atoms with Crippen molar-refractivity contribution in [1.29, 1.82) is 0 Å². The van der Waals surface area contributed by atoms with Crippen molar-refractivity contribution in [3.63, 3.8) is 0 Å². The fourth-order valence-electron chi connectivity index (χ4n) is 3.39. The van der Waals surface area contributed by atoms with Crippen molar-refractivity contribution in [2.24, 2.45) is 0 Å². The lowest BCUT2D eigenvalue weighted by atomic mass is 10.1. The molecule has 1 fully saturated rings. The van der Waals surface area contributed by atoms with E-state index in [1.807, 2.05) is 60.7 Å². The van der Waals surface area contributed by atoms with E-state index < -0.39 is 0 Å². The SMILES string of the molecule is [CH]1C=C(OC2CCCC2)C(OCc2ccc(Oc3ccccc3)cc2)=CC1. The number of benzene rings is 2. The van der Waals surface area contributed by atoms with Gasteiger partial charge in [-0.15, -0.1) is 0 Å². The third-order valence-corrected chi connectivity index (χ3v) is 4.84. The minimum absolute atomic E-state index is 0.337. The van der Waals surface area contributed by atoms with Crippen molar-refractivity contribution in [3.8, 4) is 11.5 Å². The highest BCUT2D eigenvalue weighted by Crippen LogP contribution is 2.29. The summed E-state index contributed by atoms with van der Waals surface area (Å²) in [7, 11) is 0. The summed E-state index contributed by atoms with van der Waals surface area (Å²) in [5.41, 5.74) is 1.10. The van der Waals surface area contributed by atoms with Crippen molar-refractivity contribution in [2.75, 3.05) is 0 Å². The summed E-state index contributed by atoms with van der Waals surface area (Å²) in [5, 5.41) is 0. The Kier molecular flexibility index (Phi) is 5.78. The number of para-hydroxylation sites is 1. The Balaban J connectivity index is 1.32. The third-order valence-electron chi connectivity index (χ3n) is 4.84. The van der Waals surface area contributed by atoms with Crippen LogP contribution in [0.3, 0.4) is 0 Å². The topological polar surface area (TPSA) is 27.7 Å². The molecule has 2 aliphatic rings. The highest BCUT2D eigenvalue weighted by atomic mass is 16.5. The third kappa shape index (κ3) is 4.94. The van der Waals surface area contributed by atoms with Crippen LogP contribution in [0.5, 0.6) is 11.5 Å². The van der Waals surface area contributed by atoms with Gasteiger partial charge in [-0.25, -0.2) is 0 Å². The second kappa shape index (κ2) is 8.81. The van der Waals surface area contributed by atoms with Crippen molar-refractivity contribution in [3.05, 3.63) is 90.3 Å². The van der Waals surface area contributed by atoms with Crippen LogP contribution in [-0.2, 0) is 16.1 Å². The van der Waals surface area contributed by atoms with Gasteiger partial charge in [0.1, 0.15) is 18.1 Å². The highest BCUT2D eigenvalue weighted by molar-refractivity contribution is 5.33. The van der Waals surface area contributed by atoms with Gasteiger partial charge >= 0.3 is 0 Å². The van der Waals surface area contributed by atoms with Crippen LogP contribution in [-0.4, -0.2) is 6.10 Å². The molecule has 0 amide bonds. The first-order valence-corrected chi connectivity index (χ1v) is 9.72.